The number of carboxylic acid groups (broad SMARTS) is 1. The Hall–Kier alpha value is -4.07. The van der Waals surface area contributed by atoms with E-state index in [0.717, 1.165) is 22.3 Å². The first-order chi connectivity index (χ1) is 13.9. The van der Waals surface area contributed by atoms with Gasteiger partial charge in [0.2, 0.25) is 5.95 Å². The summed E-state index contributed by atoms with van der Waals surface area (Å²) < 4.78 is 5.21. The van der Waals surface area contributed by atoms with Crippen LogP contribution in [0.4, 0.5) is 5.95 Å². The number of anilines is 1. The van der Waals surface area contributed by atoms with Crippen molar-refractivity contribution in [2.45, 2.75) is 6.42 Å². The molecule has 0 radical (unpaired) electrons. The van der Waals surface area contributed by atoms with Gasteiger partial charge >= 0.3 is 5.97 Å². The molecule has 4 aromatic rings. The maximum Gasteiger partial charge on any atom is 0.335 e. The van der Waals surface area contributed by atoms with Crippen LogP contribution in [0.25, 0.3) is 22.2 Å². The highest BCUT2D eigenvalue weighted by molar-refractivity contribution is 5.90. The molecule has 0 saturated carbocycles. The van der Waals surface area contributed by atoms with Gasteiger partial charge < -0.3 is 20.6 Å². The fraction of sp³-hybridized carbons (Fsp3) is 0.0952. The van der Waals surface area contributed by atoms with Crippen molar-refractivity contribution in [1.82, 2.24) is 15.0 Å². The molecule has 0 atom stereocenters. The molecule has 2 aromatic heterocycles. The number of nitrogens with two attached hydrogens (primary N) is 1. The second-order valence-corrected chi connectivity index (χ2v) is 6.62. The molecule has 0 amide bonds. The third-order valence-electron chi connectivity index (χ3n) is 4.71. The van der Waals surface area contributed by atoms with Crippen LogP contribution in [0.3, 0.4) is 0 Å². The van der Waals surface area contributed by atoms with E-state index in [1.165, 1.54) is 13.2 Å². The lowest BCUT2D eigenvalue weighted by molar-refractivity contribution is 0.0696. The molecule has 29 heavy (non-hydrogen) atoms. The van der Waals surface area contributed by atoms with Gasteiger partial charge in [0.1, 0.15) is 11.4 Å². The number of aromatic nitrogens is 3. The average Bonchev–Trinajstić information content (AvgIpc) is 3.10. The maximum absolute atomic E-state index is 12.2. The number of rotatable bonds is 5. The molecule has 0 bridgehead atoms. The predicted molar refractivity (Wildman–Crippen MR) is 109 cm³/mol. The van der Waals surface area contributed by atoms with E-state index in [2.05, 4.69) is 15.0 Å². The van der Waals surface area contributed by atoms with Gasteiger partial charge in [-0.3, -0.25) is 9.78 Å². The number of hydrogen-bond acceptors (Lipinski definition) is 5. The van der Waals surface area contributed by atoms with E-state index in [4.69, 9.17) is 10.5 Å². The molecule has 0 unspecified atom stereocenters. The Balaban J connectivity index is 1.65. The van der Waals surface area contributed by atoms with Gasteiger partial charge in [-0.25, -0.2) is 4.79 Å². The lowest BCUT2D eigenvalue weighted by Crippen LogP contribution is -2.11. The Kier molecular flexibility index (Phi) is 4.52. The summed E-state index contributed by atoms with van der Waals surface area (Å²) in [5.41, 5.74) is 9.33. The lowest BCUT2D eigenvalue weighted by atomic mass is 9.99. The van der Waals surface area contributed by atoms with Crippen molar-refractivity contribution in [2.24, 2.45) is 0 Å². The number of carboxylic acids is 1. The number of aromatic amines is 2. The summed E-state index contributed by atoms with van der Waals surface area (Å²) in [6.45, 7) is 0. The largest absolute Gasteiger partial charge is 0.497 e. The Morgan fingerprint density at radius 3 is 2.62 bits per heavy atom. The molecule has 0 aliphatic rings. The second-order valence-electron chi connectivity index (χ2n) is 6.62. The van der Waals surface area contributed by atoms with Gasteiger partial charge in [0.05, 0.1) is 18.1 Å². The summed E-state index contributed by atoms with van der Waals surface area (Å²) in [7, 11) is 1.50. The molecule has 0 aliphatic carbocycles. The number of carbonyl (C=O) groups is 1. The molecule has 8 heteroatoms. The third-order valence-corrected chi connectivity index (χ3v) is 4.71. The van der Waals surface area contributed by atoms with Crippen LogP contribution in [-0.4, -0.2) is 33.1 Å². The van der Waals surface area contributed by atoms with Crippen LogP contribution in [0.2, 0.25) is 0 Å². The zero-order chi connectivity index (χ0) is 20.5. The van der Waals surface area contributed by atoms with Crippen LogP contribution in [0.5, 0.6) is 5.75 Å². The van der Waals surface area contributed by atoms with E-state index >= 15 is 0 Å². The molecule has 2 aromatic carbocycles. The highest BCUT2D eigenvalue weighted by Crippen LogP contribution is 2.27. The first-order valence-corrected chi connectivity index (χ1v) is 8.82. The zero-order valence-corrected chi connectivity index (χ0v) is 15.5. The van der Waals surface area contributed by atoms with E-state index in [9.17, 15) is 14.7 Å². The van der Waals surface area contributed by atoms with Crippen LogP contribution in [0.15, 0.2) is 53.5 Å². The van der Waals surface area contributed by atoms with Crippen molar-refractivity contribution in [2.75, 3.05) is 12.8 Å². The highest BCUT2D eigenvalue weighted by atomic mass is 16.5. The van der Waals surface area contributed by atoms with E-state index < -0.39 is 5.97 Å². The molecule has 0 aliphatic heterocycles. The normalized spacial score (nSPS) is 10.9. The molecule has 4 rings (SSSR count). The number of H-pyrrole nitrogens is 2. The van der Waals surface area contributed by atoms with Crippen molar-refractivity contribution in [3.63, 3.8) is 0 Å². The van der Waals surface area contributed by atoms with Crippen LogP contribution in [-0.2, 0) is 6.42 Å². The third kappa shape index (κ3) is 3.55. The van der Waals surface area contributed by atoms with Gasteiger partial charge in [-0.15, -0.1) is 0 Å². The van der Waals surface area contributed by atoms with E-state index in [-0.39, 0.29) is 17.1 Å². The minimum atomic E-state index is -1.01. The summed E-state index contributed by atoms with van der Waals surface area (Å²) in [6, 6.07) is 12.6. The SMILES string of the molecule is COc1cc(C(=O)O)cc(-c2ccc(Cc3c[nH]c4nc(N)[nH]c(=O)c34)cc2)c1. The standard InChI is InChI=1S/C21H18N4O4/c1-29-16-8-13(7-14(9-16)20(27)28)12-4-2-11(3-5-12)6-15-10-23-18-17(15)19(26)25-21(22)24-18/h2-5,7-10H,6H2,1H3,(H,27,28)(H4,22,23,24,25,26). The van der Waals surface area contributed by atoms with Crippen molar-refractivity contribution in [1.29, 1.82) is 0 Å². The number of nitrogens with zero attached hydrogens (tertiary/aromatic N) is 1. The monoisotopic (exact) mass is 390 g/mol. The minimum absolute atomic E-state index is 0.0688. The Morgan fingerprint density at radius 1 is 1.17 bits per heavy atom. The van der Waals surface area contributed by atoms with Gasteiger partial charge in [-0.05, 0) is 46.9 Å². The molecule has 2 heterocycles. The Bertz CT molecular complexity index is 1270. The van der Waals surface area contributed by atoms with Crippen molar-refractivity contribution in [3.05, 3.63) is 75.7 Å². The van der Waals surface area contributed by atoms with Gasteiger partial charge in [0, 0.05) is 6.20 Å². The van der Waals surface area contributed by atoms with E-state index in [1.807, 2.05) is 24.3 Å². The first kappa shape index (κ1) is 18.3. The molecule has 0 spiro atoms. The quantitative estimate of drug-likeness (QED) is 0.414. The summed E-state index contributed by atoms with van der Waals surface area (Å²) >= 11 is 0. The van der Waals surface area contributed by atoms with Gasteiger partial charge in [0.15, 0.2) is 0 Å². The number of nitrogens with one attached hydrogen (secondary N) is 2. The first-order valence-electron chi connectivity index (χ1n) is 8.82. The van der Waals surface area contributed by atoms with Gasteiger partial charge in [-0.2, -0.15) is 4.98 Å². The molecular formula is C21H18N4O4. The van der Waals surface area contributed by atoms with E-state index in [1.54, 1.807) is 18.3 Å². The summed E-state index contributed by atoms with van der Waals surface area (Å²) in [5.74, 6) is -0.464. The molecule has 0 saturated heterocycles. The number of ether oxygens (including phenoxy) is 1. The van der Waals surface area contributed by atoms with Crippen molar-refractivity contribution < 1.29 is 14.6 Å². The summed E-state index contributed by atoms with van der Waals surface area (Å²) in [6.07, 6.45) is 2.29. The van der Waals surface area contributed by atoms with E-state index in [0.29, 0.717) is 23.2 Å². The fourth-order valence-electron chi connectivity index (χ4n) is 3.30. The van der Waals surface area contributed by atoms with Crippen LogP contribution in [0.1, 0.15) is 21.5 Å². The summed E-state index contributed by atoms with van der Waals surface area (Å²) in [4.78, 5) is 33.1. The second kappa shape index (κ2) is 7.16. The molecule has 0 fully saturated rings. The smallest absolute Gasteiger partial charge is 0.335 e. The Labute approximate surface area is 165 Å². The molecule has 8 nitrogen and oxygen atoms in total. The number of aromatic carboxylic acids is 1. The van der Waals surface area contributed by atoms with Gasteiger partial charge in [-0.1, -0.05) is 24.3 Å². The fourth-order valence-corrected chi connectivity index (χ4v) is 3.30. The average molecular weight is 390 g/mol. The number of hydrogen-bond donors (Lipinski definition) is 4. The van der Waals surface area contributed by atoms with Crippen LogP contribution < -0.4 is 16.0 Å². The topological polar surface area (TPSA) is 134 Å². The summed E-state index contributed by atoms with van der Waals surface area (Å²) in [5, 5.41) is 9.78. The van der Waals surface area contributed by atoms with Crippen LogP contribution in [0, 0.1) is 0 Å². The number of benzene rings is 2. The highest BCUT2D eigenvalue weighted by Gasteiger charge is 2.12. The number of nitrogen functional groups attached to an aromatic ring is 1. The van der Waals surface area contributed by atoms with Gasteiger partial charge in [0.25, 0.3) is 5.56 Å². The number of methoxy groups -OCH3 is 1. The lowest BCUT2D eigenvalue weighted by Gasteiger charge is -2.08. The minimum Gasteiger partial charge on any atom is -0.497 e. The molecular weight excluding hydrogens is 372 g/mol. The Morgan fingerprint density at radius 2 is 1.93 bits per heavy atom. The van der Waals surface area contributed by atoms with Crippen molar-refractivity contribution >= 4 is 23.0 Å². The van der Waals surface area contributed by atoms with Crippen molar-refractivity contribution in [3.8, 4) is 16.9 Å². The molecule has 146 valence electrons. The zero-order valence-electron chi connectivity index (χ0n) is 15.5. The number of fused-ring (bicyclic) bond motifs is 1. The maximum atomic E-state index is 12.2. The predicted octanol–water partition coefficient (Wildman–Crippen LogP) is 2.80. The molecule has 5 N–H and O–H groups in total. The van der Waals surface area contributed by atoms with Crippen LogP contribution >= 0.6 is 0 Å².